The summed E-state index contributed by atoms with van der Waals surface area (Å²) >= 11 is 0. The summed E-state index contributed by atoms with van der Waals surface area (Å²) < 4.78 is 18.8. The number of aliphatic imine (C=N–C) groups is 1. The summed E-state index contributed by atoms with van der Waals surface area (Å²) in [5, 5.41) is 12.4. The zero-order valence-corrected chi connectivity index (χ0v) is 13.9. The highest BCUT2D eigenvalue weighted by Crippen LogP contribution is 2.14. The fraction of sp³-hybridized carbons (Fsp3) is 0.588. The van der Waals surface area contributed by atoms with Crippen molar-refractivity contribution >= 4 is 5.96 Å². The van der Waals surface area contributed by atoms with Crippen molar-refractivity contribution in [3.63, 3.8) is 0 Å². The number of halogens is 1. The Morgan fingerprint density at radius 2 is 2.35 bits per heavy atom. The summed E-state index contributed by atoms with van der Waals surface area (Å²) in [6.07, 6.45) is 1.08. The molecule has 1 fully saturated rings. The quantitative estimate of drug-likeness (QED) is 0.619. The van der Waals surface area contributed by atoms with E-state index in [0.29, 0.717) is 18.0 Å². The summed E-state index contributed by atoms with van der Waals surface area (Å²) in [5.74, 6) is 0.982. The summed E-state index contributed by atoms with van der Waals surface area (Å²) in [6, 6.07) is 4.74. The predicted octanol–water partition coefficient (Wildman–Crippen LogP) is 1.75. The van der Waals surface area contributed by atoms with E-state index in [1.807, 2.05) is 14.0 Å². The van der Waals surface area contributed by atoms with Gasteiger partial charge in [0.1, 0.15) is 5.82 Å². The molecule has 0 radical (unpaired) electrons. The first-order valence-electron chi connectivity index (χ1n) is 8.09. The molecule has 1 aliphatic heterocycles. The highest BCUT2D eigenvalue weighted by Gasteiger charge is 2.19. The zero-order valence-electron chi connectivity index (χ0n) is 13.9. The Labute approximate surface area is 137 Å². The SMILES string of the molecule is CCNC(=NCc1ccc(F)c(CO)c1)N(C)CC1CCOC1. The minimum Gasteiger partial charge on any atom is -0.392 e. The second-order valence-electron chi connectivity index (χ2n) is 5.86. The lowest BCUT2D eigenvalue weighted by Gasteiger charge is -2.24. The van der Waals surface area contributed by atoms with Crippen LogP contribution in [0.2, 0.25) is 0 Å². The Kier molecular flexibility index (Phi) is 6.80. The topological polar surface area (TPSA) is 57.1 Å². The number of rotatable bonds is 6. The maximum Gasteiger partial charge on any atom is 0.193 e. The van der Waals surface area contributed by atoms with E-state index < -0.39 is 0 Å². The molecule has 0 spiro atoms. The molecule has 2 rings (SSSR count). The van der Waals surface area contributed by atoms with Crippen LogP contribution < -0.4 is 5.32 Å². The maximum atomic E-state index is 13.4. The van der Waals surface area contributed by atoms with Gasteiger partial charge in [-0.2, -0.15) is 0 Å². The number of hydrogen-bond acceptors (Lipinski definition) is 3. The minimum atomic E-state index is -0.384. The number of aliphatic hydroxyl groups excluding tert-OH is 1. The molecule has 6 heteroatoms. The second-order valence-corrected chi connectivity index (χ2v) is 5.86. The second kappa shape index (κ2) is 8.84. The molecule has 0 saturated carbocycles. The fourth-order valence-corrected chi connectivity index (χ4v) is 2.68. The average Bonchev–Trinajstić information content (AvgIpc) is 3.05. The summed E-state index contributed by atoms with van der Waals surface area (Å²) in [5.41, 5.74) is 1.18. The lowest BCUT2D eigenvalue weighted by molar-refractivity contribution is 0.181. The fourth-order valence-electron chi connectivity index (χ4n) is 2.68. The molecule has 1 saturated heterocycles. The van der Waals surface area contributed by atoms with Crippen molar-refractivity contribution in [2.24, 2.45) is 10.9 Å². The minimum absolute atomic E-state index is 0.301. The Balaban J connectivity index is 2.02. The van der Waals surface area contributed by atoms with Crippen LogP contribution in [0.15, 0.2) is 23.2 Å². The van der Waals surface area contributed by atoms with Crippen molar-refractivity contribution < 1.29 is 14.2 Å². The Morgan fingerprint density at radius 1 is 1.52 bits per heavy atom. The molecule has 2 N–H and O–H groups in total. The maximum absolute atomic E-state index is 13.4. The highest BCUT2D eigenvalue weighted by atomic mass is 19.1. The van der Waals surface area contributed by atoms with Gasteiger partial charge in [-0.15, -0.1) is 0 Å². The third kappa shape index (κ3) is 5.18. The Hall–Kier alpha value is -1.66. The number of ether oxygens (including phenoxy) is 1. The lowest BCUT2D eigenvalue weighted by atomic mass is 10.1. The van der Waals surface area contributed by atoms with E-state index >= 15 is 0 Å². The van der Waals surface area contributed by atoms with Crippen LogP contribution >= 0.6 is 0 Å². The van der Waals surface area contributed by atoms with Crippen LogP contribution in [-0.2, 0) is 17.9 Å². The van der Waals surface area contributed by atoms with Gasteiger partial charge in [0.25, 0.3) is 0 Å². The molecule has 1 unspecified atom stereocenters. The molecule has 0 bridgehead atoms. The van der Waals surface area contributed by atoms with E-state index in [0.717, 1.165) is 44.2 Å². The molecule has 1 atom stereocenters. The van der Waals surface area contributed by atoms with E-state index in [9.17, 15) is 4.39 Å². The average molecular weight is 323 g/mol. The number of guanidine groups is 1. The van der Waals surface area contributed by atoms with Gasteiger partial charge in [-0.05, 0) is 31.0 Å². The van der Waals surface area contributed by atoms with E-state index in [2.05, 4.69) is 15.2 Å². The van der Waals surface area contributed by atoms with Gasteiger partial charge < -0.3 is 20.1 Å². The first kappa shape index (κ1) is 17.7. The molecule has 0 amide bonds. The van der Waals surface area contributed by atoms with E-state index in [-0.39, 0.29) is 12.4 Å². The van der Waals surface area contributed by atoms with Crippen LogP contribution in [0.3, 0.4) is 0 Å². The molecule has 0 aromatic heterocycles. The Bertz CT molecular complexity index is 531. The summed E-state index contributed by atoms with van der Waals surface area (Å²) in [6.45, 7) is 5.51. The summed E-state index contributed by atoms with van der Waals surface area (Å²) in [4.78, 5) is 6.73. The molecule has 5 nitrogen and oxygen atoms in total. The molecule has 1 heterocycles. The predicted molar refractivity (Wildman–Crippen MR) is 88.7 cm³/mol. The van der Waals surface area contributed by atoms with Crippen molar-refractivity contribution in [2.45, 2.75) is 26.5 Å². The van der Waals surface area contributed by atoms with Gasteiger partial charge in [-0.25, -0.2) is 9.38 Å². The van der Waals surface area contributed by atoms with Gasteiger partial charge in [-0.3, -0.25) is 0 Å². The van der Waals surface area contributed by atoms with Gasteiger partial charge in [0, 0.05) is 38.2 Å². The van der Waals surface area contributed by atoms with Crippen molar-refractivity contribution in [2.75, 3.05) is 33.4 Å². The van der Waals surface area contributed by atoms with Gasteiger partial charge >= 0.3 is 0 Å². The molecule has 0 aliphatic carbocycles. The van der Waals surface area contributed by atoms with Crippen molar-refractivity contribution in [3.8, 4) is 0 Å². The standard InChI is InChI=1S/C17H26FN3O2/c1-3-19-17(21(2)10-14-6-7-23-12-14)20-9-13-4-5-16(18)15(8-13)11-22/h4-5,8,14,22H,3,6-7,9-12H2,1-2H3,(H,19,20). The molecular weight excluding hydrogens is 297 g/mol. The van der Waals surface area contributed by atoms with Gasteiger partial charge in [-0.1, -0.05) is 6.07 Å². The van der Waals surface area contributed by atoms with Crippen LogP contribution in [0.1, 0.15) is 24.5 Å². The monoisotopic (exact) mass is 323 g/mol. The number of nitrogens with zero attached hydrogens (tertiary/aromatic N) is 2. The molecule has 1 aromatic rings. The third-order valence-corrected chi connectivity index (χ3v) is 3.94. The van der Waals surface area contributed by atoms with Crippen LogP contribution in [-0.4, -0.2) is 49.3 Å². The Morgan fingerprint density at radius 3 is 3.00 bits per heavy atom. The molecule has 128 valence electrons. The summed E-state index contributed by atoms with van der Waals surface area (Å²) in [7, 11) is 2.02. The lowest BCUT2D eigenvalue weighted by Crippen LogP contribution is -2.41. The first-order valence-corrected chi connectivity index (χ1v) is 8.09. The van der Waals surface area contributed by atoms with Crippen LogP contribution in [0, 0.1) is 11.7 Å². The van der Waals surface area contributed by atoms with E-state index in [1.54, 1.807) is 12.1 Å². The normalized spacial score (nSPS) is 18.3. The number of benzene rings is 1. The molecule has 1 aliphatic rings. The molecule has 23 heavy (non-hydrogen) atoms. The van der Waals surface area contributed by atoms with Crippen LogP contribution in [0.5, 0.6) is 0 Å². The van der Waals surface area contributed by atoms with Gasteiger partial charge in [0.15, 0.2) is 5.96 Å². The van der Waals surface area contributed by atoms with Crippen molar-refractivity contribution in [1.82, 2.24) is 10.2 Å². The van der Waals surface area contributed by atoms with Crippen LogP contribution in [0.25, 0.3) is 0 Å². The van der Waals surface area contributed by atoms with Gasteiger partial charge in [0.05, 0.1) is 19.8 Å². The van der Waals surface area contributed by atoms with Crippen molar-refractivity contribution in [1.29, 1.82) is 0 Å². The number of nitrogens with one attached hydrogen (secondary N) is 1. The first-order chi connectivity index (χ1) is 11.1. The zero-order chi connectivity index (χ0) is 16.7. The van der Waals surface area contributed by atoms with E-state index in [1.165, 1.54) is 6.07 Å². The van der Waals surface area contributed by atoms with Crippen molar-refractivity contribution in [3.05, 3.63) is 35.1 Å². The van der Waals surface area contributed by atoms with Gasteiger partial charge in [0.2, 0.25) is 0 Å². The molecule has 1 aromatic carbocycles. The number of aliphatic hydroxyl groups is 1. The third-order valence-electron chi connectivity index (χ3n) is 3.94. The van der Waals surface area contributed by atoms with Crippen LogP contribution in [0.4, 0.5) is 4.39 Å². The smallest absolute Gasteiger partial charge is 0.193 e. The molecular formula is C17H26FN3O2. The largest absolute Gasteiger partial charge is 0.392 e. The number of hydrogen-bond donors (Lipinski definition) is 2. The highest BCUT2D eigenvalue weighted by molar-refractivity contribution is 5.79. The van der Waals surface area contributed by atoms with E-state index in [4.69, 9.17) is 9.84 Å².